The highest BCUT2D eigenvalue weighted by molar-refractivity contribution is 7.17. The SMILES string of the molecule is c1ccc2c(c1)nc1sc3c(n12)NCC3. The zero-order valence-corrected chi connectivity index (χ0v) is 8.84. The van der Waals surface area contributed by atoms with E-state index in [0.29, 0.717) is 0 Å². The van der Waals surface area contributed by atoms with Crippen LogP contribution in [0.15, 0.2) is 24.3 Å². The van der Waals surface area contributed by atoms with Crippen molar-refractivity contribution in [2.24, 2.45) is 0 Å². The molecule has 1 aliphatic rings. The number of nitrogens with zero attached hydrogens (tertiary/aromatic N) is 2. The molecule has 0 saturated heterocycles. The summed E-state index contributed by atoms with van der Waals surface area (Å²) in [6.07, 6.45) is 1.14. The Kier molecular flexibility index (Phi) is 1.29. The Morgan fingerprint density at radius 3 is 3.27 bits per heavy atom. The molecule has 0 bridgehead atoms. The van der Waals surface area contributed by atoms with Crippen molar-refractivity contribution in [2.75, 3.05) is 11.9 Å². The number of benzene rings is 1. The highest BCUT2D eigenvalue weighted by atomic mass is 32.1. The summed E-state index contributed by atoms with van der Waals surface area (Å²) in [6.45, 7) is 1.06. The maximum Gasteiger partial charge on any atom is 0.196 e. The number of anilines is 1. The van der Waals surface area contributed by atoms with E-state index in [0.717, 1.165) is 23.4 Å². The first-order chi connectivity index (χ1) is 7.43. The van der Waals surface area contributed by atoms with Crippen molar-refractivity contribution in [2.45, 2.75) is 6.42 Å². The van der Waals surface area contributed by atoms with Crippen molar-refractivity contribution in [3.05, 3.63) is 29.1 Å². The molecule has 1 aromatic carbocycles. The van der Waals surface area contributed by atoms with E-state index in [1.165, 1.54) is 16.2 Å². The molecule has 3 aromatic rings. The molecule has 15 heavy (non-hydrogen) atoms. The van der Waals surface area contributed by atoms with Gasteiger partial charge in [0.2, 0.25) is 0 Å². The first-order valence-electron chi connectivity index (χ1n) is 5.06. The van der Waals surface area contributed by atoms with Gasteiger partial charge in [0.15, 0.2) is 4.96 Å². The summed E-state index contributed by atoms with van der Waals surface area (Å²) < 4.78 is 2.24. The lowest BCUT2D eigenvalue weighted by Crippen LogP contribution is -1.95. The lowest BCUT2D eigenvalue weighted by molar-refractivity contribution is 1.12. The minimum Gasteiger partial charge on any atom is -0.370 e. The molecule has 0 radical (unpaired) electrons. The Balaban J connectivity index is 2.26. The van der Waals surface area contributed by atoms with Crippen molar-refractivity contribution in [1.29, 1.82) is 0 Å². The normalized spacial score (nSPS) is 14.7. The van der Waals surface area contributed by atoms with E-state index in [1.54, 1.807) is 11.3 Å². The predicted octanol–water partition coefficient (Wildman–Crippen LogP) is 2.52. The van der Waals surface area contributed by atoms with Crippen LogP contribution in [0.5, 0.6) is 0 Å². The Morgan fingerprint density at radius 1 is 1.33 bits per heavy atom. The van der Waals surface area contributed by atoms with Crippen LogP contribution in [0.1, 0.15) is 4.88 Å². The van der Waals surface area contributed by atoms with E-state index in [4.69, 9.17) is 0 Å². The molecule has 0 aliphatic carbocycles. The van der Waals surface area contributed by atoms with E-state index in [-0.39, 0.29) is 0 Å². The molecule has 0 spiro atoms. The number of thiazole rings is 1. The van der Waals surface area contributed by atoms with Crippen LogP contribution in [0.25, 0.3) is 16.0 Å². The van der Waals surface area contributed by atoms with E-state index in [2.05, 4.69) is 32.9 Å². The number of rotatable bonds is 0. The second kappa shape index (κ2) is 2.52. The lowest BCUT2D eigenvalue weighted by atomic mass is 10.3. The number of aromatic nitrogens is 2. The van der Waals surface area contributed by atoms with Gasteiger partial charge in [-0.1, -0.05) is 23.5 Å². The fourth-order valence-corrected chi connectivity index (χ4v) is 3.32. The van der Waals surface area contributed by atoms with Crippen molar-refractivity contribution in [1.82, 2.24) is 9.38 Å². The summed E-state index contributed by atoms with van der Waals surface area (Å²) >= 11 is 1.80. The fourth-order valence-electron chi connectivity index (χ4n) is 2.21. The highest BCUT2D eigenvalue weighted by Crippen LogP contribution is 2.34. The molecule has 74 valence electrons. The van der Waals surface area contributed by atoms with E-state index in [9.17, 15) is 0 Å². The molecular formula is C11H9N3S. The molecule has 0 fully saturated rings. The van der Waals surface area contributed by atoms with Gasteiger partial charge in [-0.05, 0) is 12.1 Å². The summed E-state index contributed by atoms with van der Waals surface area (Å²) in [7, 11) is 0. The molecule has 2 aromatic heterocycles. The van der Waals surface area contributed by atoms with Crippen molar-refractivity contribution < 1.29 is 0 Å². The van der Waals surface area contributed by atoms with Gasteiger partial charge in [0.05, 0.1) is 15.9 Å². The Hall–Kier alpha value is -1.55. The molecule has 1 N–H and O–H groups in total. The summed E-state index contributed by atoms with van der Waals surface area (Å²) in [6, 6.07) is 8.29. The number of para-hydroxylation sites is 2. The number of hydrogen-bond acceptors (Lipinski definition) is 3. The van der Waals surface area contributed by atoms with Gasteiger partial charge in [-0.3, -0.25) is 4.40 Å². The minimum atomic E-state index is 1.06. The minimum absolute atomic E-state index is 1.06. The molecule has 1 aliphatic heterocycles. The molecule has 4 heteroatoms. The quantitative estimate of drug-likeness (QED) is 0.624. The second-order valence-corrected chi connectivity index (χ2v) is 4.83. The molecule has 3 heterocycles. The van der Waals surface area contributed by atoms with Gasteiger partial charge in [0.1, 0.15) is 5.82 Å². The molecule has 0 atom stereocenters. The third-order valence-corrected chi connectivity index (χ3v) is 3.98. The zero-order valence-electron chi connectivity index (χ0n) is 8.03. The van der Waals surface area contributed by atoms with Crippen LogP contribution >= 0.6 is 11.3 Å². The van der Waals surface area contributed by atoms with Gasteiger partial charge in [0, 0.05) is 13.0 Å². The van der Waals surface area contributed by atoms with Crippen LogP contribution in [0.3, 0.4) is 0 Å². The maximum absolute atomic E-state index is 4.62. The topological polar surface area (TPSA) is 29.3 Å². The highest BCUT2D eigenvalue weighted by Gasteiger charge is 2.19. The van der Waals surface area contributed by atoms with Crippen LogP contribution in [-0.4, -0.2) is 15.9 Å². The van der Waals surface area contributed by atoms with Crippen molar-refractivity contribution in [3.8, 4) is 0 Å². The van der Waals surface area contributed by atoms with Gasteiger partial charge in [-0.25, -0.2) is 4.98 Å². The second-order valence-electron chi connectivity index (χ2n) is 3.77. The van der Waals surface area contributed by atoms with Crippen molar-refractivity contribution >= 4 is 33.1 Å². The smallest absolute Gasteiger partial charge is 0.196 e. The molecular weight excluding hydrogens is 206 g/mol. The van der Waals surface area contributed by atoms with E-state index in [1.807, 2.05) is 6.07 Å². The predicted molar refractivity (Wildman–Crippen MR) is 62.8 cm³/mol. The number of imidazole rings is 1. The number of nitrogens with one attached hydrogen (secondary N) is 1. The summed E-state index contributed by atoms with van der Waals surface area (Å²) in [5.41, 5.74) is 2.29. The Bertz CT molecular complexity index is 665. The van der Waals surface area contributed by atoms with Crippen molar-refractivity contribution in [3.63, 3.8) is 0 Å². The third-order valence-electron chi connectivity index (χ3n) is 2.88. The average molecular weight is 215 g/mol. The monoisotopic (exact) mass is 215 g/mol. The Labute approximate surface area is 90.4 Å². The van der Waals surface area contributed by atoms with Crippen LogP contribution in [0, 0.1) is 0 Å². The zero-order chi connectivity index (χ0) is 9.83. The average Bonchev–Trinajstić information content (AvgIpc) is 2.85. The van der Waals surface area contributed by atoms with Gasteiger partial charge in [-0.2, -0.15) is 0 Å². The fraction of sp³-hybridized carbons (Fsp3) is 0.182. The third kappa shape index (κ3) is 0.874. The largest absolute Gasteiger partial charge is 0.370 e. The first kappa shape index (κ1) is 7.70. The maximum atomic E-state index is 4.62. The summed E-state index contributed by atoms with van der Waals surface area (Å²) in [5.74, 6) is 1.25. The molecule has 3 nitrogen and oxygen atoms in total. The summed E-state index contributed by atoms with van der Waals surface area (Å²) in [4.78, 5) is 7.16. The lowest BCUT2D eigenvalue weighted by Gasteiger charge is -1.96. The number of hydrogen-bond donors (Lipinski definition) is 1. The van der Waals surface area contributed by atoms with E-state index < -0.39 is 0 Å². The van der Waals surface area contributed by atoms with Crippen LogP contribution in [0.4, 0.5) is 5.82 Å². The molecule has 0 amide bonds. The van der Waals surface area contributed by atoms with Gasteiger partial charge in [0.25, 0.3) is 0 Å². The van der Waals surface area contributed by atoms with Gasteiger partial charge >= 0.3 is 0 Å². The Morgan fingerprint density at radius 2 is 2.27 bits per heavy atom. The standard InChI is InChI=1S/C11H9N3S/c1-2-4-8-7(3-1)13-11-14(8)10-9(15-11)5-6-12-10/h1-4,12H,5-6H2. The van der Waals surface area contributed by atoms with Crippen LogP contribution < -0.4 is 5.32 Å². The molecule has 0 unspecified atom stereocenters. The van der Waals surface area contributed by atoms with Crippen LogP contribution in [-0.2, 0) is 6.42 Å². The number of fused-ring (bicyclic) bond motifs is 5. The van der Waals surface area contributed by atoms with Gasteiger partial charge < -0.3 is 5.32 Å². The molecule has 4 rings (SSSR count). The molecule has 0 saturated carbocycles. The summed E-state index contributed by atoms with van der Waals surface area (Å²) in [5, 5.41) is 3.43. The van der Waals surface area contributed by atoms with E-state index >= 15 is 0 Å². The van der Waals surface area contributed by atoms with Gasteiger partial charge in [-0.15, -0.1) is 0 Å². The van der Waals surface area contributed by atoms with Crippen LogP contribution in [0.2, 0.25) is 0 Å². The first-order valence-corrected chi connectivity index (χ1v) is 5.88.